The van der Waals surface area contributed by atoms with Crippen molar-refractivity contribution in [2.24, 2.45) is 5.73 Å². The Labute approximate surface area is 213 Å². The third-order valence-electron chi connectivity index (χ3n) is 5.86. The van der Waals surface area contributed by atoms with Gasteiger partial charge in [-0.2, -0.15) is 0 Å². The maximum absolute atomic E-state index is 12.5. The number of rotatable bonds is 8. The lowest BCUT2D eigenvalue weighted by atomic mass is 10.0. The third kappa shape index (κ3) is 5.52. The van der Waals surface area contributed by atoms with Crippen molar-refractivity contribution in [2.45, 2.75) is 49.1 Å². The number of carbonyl (C=O) groups is 2. The van der Waals surface area contributed by atoms with E-state index in [9.17, 15) is 34.5 Å². The number of nitrogens with one attached hydrogen (secondary N) is 1. The Kier molecular flexibility index (Phi) is 8.05. The summed E-state index contributed by atoms with van der Waals surface area (Å²) in [6.45, 7) is 0. The van der Waals surface area contributed by atoms with E-state index in [4.69, 9.17) is 29.4 Å². The van der Waals surface area contributed by atoms with E-state index in [0.717, 1.165) is 22.9 Å². The lowest BCUT2D eigenvalue weighted by molar-refractivity contribution is -0.242. The molecule has 4 rings (SSSR count). The topological polar surface area (TPSA) is 222 Å². The summed E-state index contributed by atoms with van der Waals surface area (Å²) < 4.78 is 27.9. The zero-order chi connectivity index (χ0) is 27.6. The van der Waals surface area contributed by atoms with Gasteiger partial charge in [0.1, 0.15) is 36.3 Å². The van der Waals surface area contributed by atoms with Gasteiger partial charge in [-0.05, 0) is 18.2 Å². The van der Waals surface area contributed by atoms with Gasteiger partial charge < -0.3 is 44.7 Å². The van der Waals surface area contributed by atoms with Crippen LogP contribution in [0.2, 0.25) is 0 Å². The van der Waals surface area contributed by atoms with Gasteiger partial charge in [-0.15, -0.1) is 0 Å². The van der Waals surface area contributed by atoms with Crippen LogP contribution in [0.5, 0.6) is 5.75 Å². The van der Waals surface area contributed by atoms with Crippen LogP contribution in [0.4, 0.5) is 0 Å². The van der Waals surface area contributed by atoms with E-state index in [1.807, 2.05) is 4.98 Å². The summed E-state index contributed by atoms with van der Waals surface area (Å²) in [6.07, 6.45) is -10.8. The van der Waals surface area contributed by atoms with E-state index in [1.54, 1.807) is 18.2 Å². The molecular formula is C23H25N3O12. The molecule has 2 aliphatic rings. The largest absolute Gasteiger partial charge is 0.455 e. The quantitative estimate of drug-likeness (QED) is 0.171. The number of benzene rings is 1. The number of aromatic nitrogens is 2. The van der Waals surface area contributed by atoms with Crippen molar-refractivity contribution in [3.8, 4) is 5.75 Å². The van der Waals surface area contributed by atoms with Gasteiger partial charge in [-0.3, -0.25) is 19.1 Å². The van der Waals surface area contributed by atoms with E-state index in [1.165, 1.54) is 19.2 Å². The molecule has 204 valence electrons. The van der Waals surface area contributed by atoms with E-state index in [2.05, 4.69) is 0 Å². The Hall–Kier alpha value is -3.86. The second-order valence-electron chi connectivity index (χ2n) is 8.36. The second kappa shape index (κ2) is 11.3. The minimum atomic E-state index is -1.82. The minimum absolute atomic E-state index is 0.176. The van der Waals surface area contributed by atoms with Crippen molar-refractivity contribution in [3.63, 3.8) is 0 Å². The summed E-state index contributed by atoms with van der Waals surface area (Å²) in [5, 5.41) is 31.4. The van der Waals surface area contributed by atoms with Gasteiger partial charge in [0.2, 0.25) is 18.0 Å². The fraction of sp³-hybridized carbons (Fsp3) is 0.391. The number of nitrogens with zero attached hydrogens (tertiary/aromatic N) is 1. The molecule has 38 heavy (non-hydrogen) atoms. The normalized spacial score (nSPS) is 29.7. The highest BCUT2D eigenvalue weighted by Gasteiger charge is 2.52. The van der Waals surface area contributed by atoms with E-state index < -0.39 is 78.0 Å². The van der Waals surface area contributed by atoms with E-state index in [-0.39, 0.29) is 5.75 Å². The first-order valence-electron chi connectivity index (χ1n) is 11.2. The van der Waals surface area contributed by atoms with Crippen molar-refractivity contribution < 1.29 is 48.6 Å². The van der Waals surface area contributed by atoms with Crippen molar-refractivity contribution in [1.82, 2.24) is 9.55 Å². The number of esters is 1. The number of para-hydroxylation sites is 1. The minimum Gasteiger partial charge on any atom is -0.455 e. The van der Waals surface area contributed by atoms with Crippen LogP contribution in [0.1, 0.15) is 6.23 Å². The van der Waals surface area contributed by atoms with Crippen molar-refractivity contribution >= 4 is 11.9 Å². The Morgan fingerprint density at radius 1 is 1.11 bits per heavy atom. The molecule has 15 heteroatoms. The highest BCUT2D eigenvalue weighted by Crippen LogP contribution is 2.34. The standard InChI is InChI=1S/C23H25N3O12/c1-34-16-15(30)20(26-8-7-13(28)25-23(26)33)37-17(16)18(19(24)31)38-22-14(29)11(27)9-12(36-22)21(32)35-10-5-3-2-4-6-10/h2-9,11,14-18,20,22,27,29-30H,1H3,(H2,24,31)(H,25,28,33)/t11-,14-,15+,16-,17-,18+,20+,22+/m0/s1. The molecule has 6 N–H and O–H groups in total. The molecular weight excluding hydrogens is 510 g/mol. The zero-order valence-corrected chi connectivity index (χ0v) is 19.8. The number of aromatic amines is 1. The molecule has 2 aliphatic heterocycles. The van der Waals surface area contributed by atoms with Crippen molar-refractivity contribution in [1.29, 1.82) is 0 Å². The summed E-state index contributed by atoms with van der Waals surface area (Å²) in [5.41, 5.74) is 3.91. The predicted molar refractivity (Wildman–Crippen MR) is 123 cm³/mol. The molecule has 0 saturated carbocycles. The van der Waals surface area contributed by atoms with Crippen LogP contribution in [0.3, 0.4) is 0 Å². The number of carbonyl (C=O) groups excluding carboxylic acids is 2. The van der Waals surface area contributed by atoms with Crippen molar-refractivity contribution in [3.05, 3.63) is 75.3 Å². The zero-order valence-electron chi connectivity index (χ0n) is 19.8. The fourth-order valence-electron chi connectivity index (χ4n) is 4.02. The maximum Gasteiger partial charge on any atom is 0.378 e. The molecule has 0 bridgehead atoms. The van der Waals surface area contributed by atoms with Crippen LogP contribution in [0.25, 0.3) is 0 Å². The molecule has 15 nitrogen and oxygen atoms in total. The molecule has 1 aromatic carbocycles. The molecule has 1 fully saturated rings. The first-order valence-corrected chi connectivity index (χ1v) is 11.2. The molecule has 1 aromatic heterocycles. The number of H-pyrrole nitrogens is 1. The Balaban J connectivity index is 1.55. The van der Waals surface area contributed by atoms with Crippen molar-refractivity contribution in [2.75, 3.05) is 7.11 Å². The summed E-state index contributed by atoms with van der Waals surface area (Å²) in [4.78, 5) is 50.6. The summed E-state index contributed by atoms with van der Waals surface area (Å²) in [7, 11) is 1.19. The molecule has 0 unspecified atom stereocenters. The Bertz CT molecular complexity index is 1310. The third-order valence-corrected chi connectivity index (χ3v) is 5.86. The number of aliphatic hydroxyl groups excluding tert-OH is 3. The van der Waals surface area contributed by atoms with Gasteiger partial charge in [0.25, 0.3) is 5.56 Å². The molecule has 1 saturated heterocycles. The SMILES string of the molecule is CO[C@H]1[C@@H](O)[C@H](n2ccc(=O)[nH]c2=O)O[C@@H]1[C@@H](O[C@H]1OC(C(=O)Oc2ccccc2)=C[C@H](O)[C@@H]1O)C(N)=O. The number of primary amides is 1. The van der Waals surface area contributed by atoms with Crippen LogP contribution in [0.15, 0.2) is 64.0 Å². The predicted octanol–water partition coefficient (Wildman–Crippen LogP) is -2.75. The molecule has 8 atom stereocenters. The van der Waals surface area contributed by atoms with Crippen LogP contribution < -0.4 is 21.7 Å². The highest BCUT2D eigenvalue weighted by atomic mass is 16.7. The number of aliphatic hydroxyl groups is 3. The first kappa shape index (κ1) is 27.2. The molecule has 2 aromatic rings. The average Bonchev–Trinajstić information content (AvgIpc) is 3.20. The number of hydrogen-bond donors (Lipinski definition) is 5. The lowest BCUT2D eigenvalue weighted by Crippen LogP contribution is -2.53. The average molecular weight is 535 g/mol. The molecule has 1 amide bonds. The van der Waals surface area contributed by atoms with Gasteiger partial charge in [0.05, 0.1) is 0 Å². The van der Waals surface area contributed by atoms with Gasteiger partial charge in [-0.25, -0.2) is 9.59 Å². The Morgan fingerprint density at radius 3 is 2.45 bits per heavy atom. The van der Waals surface area contributed by atoms with Crippen LogP contribution >= 0.6 is 0 Å². The lowest BCUT2D eigenvalue weighted by Gasteiger charge is -2.34. The van der Waals surface area contributed by atoms with Crippen LogP contribution in [-0.2, 0) is 28.5 Å². The van der Waals surface area contributed by atoms with Gasteiger partial charge >= 0.3 is 11.7 Å². The maximum atomic E-state index is 12.5. The number of hydrogen-bond acceptors (Lipinski definition) is 12. The first-order chi connectivity index (χ1) is 18.1. The van der Waals surface area contributed by atoms with Crippen LogP contribution in [-0.4, -0.2) is 86.8 Å². The molecule has 0 radical (unpaired) electrons. The molecule has 0 spiro atoms. The number of nitrogens with two attached hydrogens (primary N) is 1. The van der Waals surface area contributed by atoms with E-state index >= 15 is 0 Å². The number of ether oxygens (including phenoxy) is 5. The number of amides is 1. The smallest absolute Gasteiger partial charge is 0.378 e. The van der Waals surface area contributed by atoms with Crippen LogP contribution in [0, 0.1) is 0 Å². The Morgan fingerprint density at radius 2 is 1.82 bits per heavy atom. The molecule has 3 heterocycles. The summed E-state index contributed by atoms with van der Waals surface area (Å²) in [6, 6.07) is 8.97. The van der Waals surface area contributed by atoms with Gasteiger partial charge in [0, 0.05) is 19.4 Å². The highest BCUT2D eigenvalue weighted by molar-refractivity contribution is 5.88. The fourth-order valence-corrected chi connectivity index (χ4v) is 4.02. The number of methoxy groups -OCH3 is 1. The summed E-state index contributed by atoms with van der Waals surface area (Å²) >= 11 is 0. The van der Waals surface area contributed by atoms with Gasteiger partial charge in [-0.1, -0.05) is 18.2 Å². The van der Waals surface area contributed by atoms with E-state index in [0.29, 0.717) is 0 Å². The summed E-state index contributed by atoms with van der Waals surface area (Å²) in [5.74, 6) is -2.51. The molecule has 0 aliphatic carbocycles. The monoisotopic (exact) mass is 535 g/mol. The van der Waals surface area contributed by atoms with Gasteiger partial charge in [0.15, 0.2) is 12.3 Å². The second-order valence-corrected chi connectivity index (χ2v) is 8.36.